The first-order valence-corrected chi connectivity index (χ1v) is 9.83. The second kappa shape index (κ2) is 10.5. The zero-order chi connectivity index (χ0) is 21.6. The fourth-order valence-electron chi connectivity index (χ4n) is 3.46. The van der Waals surface area contributed by atoms with Crippen LogP contribution in [0.3, 0.4) is 0 Å². The van der Waals surface area contributed by atoms with E-state index in [2.05, 4.69) is 15.4 Å². The van der Waals surface area contributed by atoms with Crippen LogP contribution in [-0.4, -0.2) is 42.0 Å². The number of nitrogens with one attached hydrogen (secondary N) is 2. The Kier molecular flexibility index (Phi) is 8.28. The highest BCUT2D eigenvalue weighted by molar-refractivity contribution is 6.11. The predicted octanol–water partition coefficient (Wildman–Crippen LogP) is 2.18. The number of hydrogen-bond donors (Lipinski definition) is 4. The molecule has 0 heterocycles. The molecule has 0 saturated heterocycles. The Hall–Kier alpha value is -2.32. The number of carbonyl (C=O) groups excluding carboxylic acids is 1. The van der Waals surface area contributed by atoms with Gasteiger partial charge in [-0.3, -0.25) is 10.2 Å². The lowest BCUT2D eigenvalue weighted by Gasteiger charge is -2.27. The summed E-state index contributed by atoms with van der Waals surface area (Å²) in [6.07, 6.45) is 1.64. The smallest absolute Gasteiger partial charge is 0.387 e. The highest BCUT2D eigenvalue weighted by Gasteiger charge is 2.31. The van der Waals surface area contributed by atoms with Gasteiger partial charge in [0.15, 0.2) is 0 Å². The molecule has 1 amide bonds. The average Bonchev–Trinajstić information content (AvgIpc) is 2.66. The number of carbonyl (C=O) groups is 1. The Labute approximate surface area is 169 Å². The molecule has 5 N–H and O–H groups in total. The maximum Gasteiger partial charge on any atom is 0.387 e. The van der Waals surface area contributed by atoms with Crippen molar-refractivity contribution < 1.29 is 28.7 Å². The number of alkyl halides is 2. The van der Waals surface area contributed by atoms with Gasteiger partial charge in [0.25, 0.3) is 0 Å². The normalized spacial score (nSPS) is 18.1. The molecule has 8 heteroatoms. The number of amides is 1. The maximum absolute atomic E-state index is 12.5. The van der Waals surface area contributed by atoms with E-state index < -0.39 is 6.61 Å². The number of aliphatic hydroxyl groups is 1. The number of ether oxygens (including phenoxy) is 1. The quantitative estimate of drug-likeness (QED) is 0.470. The lowest BCUT2D eigenvalue weighted by atomic mass is 9.83. The van der Waals surface area contributed by atoms with E-state index in [1.54, 1.807) is 19.1 Å². The molecule has 1 aliphatic rings. The van der Waals surface area contributed by atoms with Crippen molar-refractivity contribution in [3.63, 3.8) is 0 Å². The third-order valence-electron chi connectivity index (χ3n) is 4.81. The van der Waals surface area contributed by atoms with Crippen molar-refractivity contribution in [1.29, 1.82) is 5.41 Å². The zero-order valence-corrected chi connectivity index (χ0v) is 17.0. The number of benzene rings is 1. The SMILES string of the molecule is CC(C)[NH2+]C1=C(C(=N)c2cccc(OC(F)F)c2)CC[C@@H](C(=O)N[C@@H](C)CO)C1. The van der Waals surface area contributed by atoms with Gasteiger partial charge >= 0.3 is 6.61 Å². The second-order valence-electron chi connectivity index (χ2n) is 7.73. The van der Waals surface area contributed by atoms with Gasteiger partial charge < -0.3 is 20.5 Å². The van der Waals surface area contributed by atoms with Crippen LogP contribution in [-0.2, 0) is 4.79 Å². The lowest BCUT2D eigenvalue weighted by Crippen LogP contribution is -2.87. The molecule has 0 aromatic heterocycles. The van der Waals surface area contributed by atoms with E-state index in [0.717, 1.165) is 11.3 Å². The summed E-state index contributed by atoms with van der Waals surface area (Å²) < 4.78 is 29.5. The fraction of sp³-hybridized carbons (Fsp3) is 0.524. The molecule has 0 spiro atoms. The third kappa shape index (κ3) is 6.61. The number of rotatable bonds is 9. The van der Waals surface area contributed by atoms with Gasteiger partial charge in [-0.2, -0.15) is 8.78 Å². The number of halogens is 2. The molecular formula is C21H30F2N3O3+. The highest BCUT2D eigenvalue weighted by atomic mass is 19.3. The van der Waals surface area contributed by atoms with Gasteiger partial charge in [0.05, 0.1) is 18.4 Å². The number of allylic oxidation sites excluding steroid dienone is 2. The molecule has 0 bridgehead atoms. The van der Waals surface area contributed by atoms with E-state index in [9.17, 15) is 13.6 Å². The molecule has 2 atom stereocenters. The highest BCUT2D eigenvalue weighted by Crippen LogP contribution is 2.30. The molecular weight excluding hydrogens is 380 g/mol. The molecule has 29 heavy (non-hydrogen) atoms. The first-order valence-electron chi connectivity index (χ1n) is 9.83. The van der Waals surface area contributed by atoms with Gasteiger partial charge in [0.1, 0.15) is 11.4 Å². The van der Waals surface area contributed by atoms with E-state index in [1.165, 1.54) is 12.1 Å². The van der Waals surface area contributed by atoms with E-state index in [4.69, 9.17) is 10.5 Å². The Morgan fingerprint density at radius 2 is 2.10 bits per heavy atom. The molecule has 0 aliphatic heterocycles. The van der Waals surface area contributed by atoms with Crippen LogP contribution in [0.25, 0.3) is 0 Å². The van der Waals surface area contributed by atoms with Crippen LogP contribution < -0.4 is 15.4 Å². The van der Waals surface area contributed by atoms with Gasteiger partial charge in [0.2, 0.25) is 5.91 Å². The minimum atomic E-state index is -2.92. The summed E-state index contributed by atoms with van der Waals surface area (Å²) >= 11 is 0. The standard InChI is InChI=1S/C21H29F2N3O3/c1-12(2)25-18-10-15(20(28)26-13(3)11-27)7-8-17(18)19(24)14-5-4-6-16(9-14)29-21(22)23/h4-6,9,12-13,15,21,24-25,27H,7-8,10-11H2,1-3H3,(H,26,28)/p+1/t13-,15+/m0/s1. The molecule has 2 rings (SSSR count). The van der Waals surface area contributed by atoms with E-state index in [1.807, 2.05) is 13.8 Å². The number of quaternary nitrogens is 1. The van der Waals surface area contributed by atoms with Crippen LogP contribution in [0, 0.1) is 11.3 Å². The third-order valence-corrected chi connectivity index (χ3v) is 4.81. The summed E-state index contributed by atoms with van der Waals surface area (Å²) in [6, 6.07) is 6.09. The van der Waals surface area contributed by atoms with Crippen molar-refractivity contribution in [2.75, 3.05) is 6.61 Å². The number of aliphatic hydroxyl groups excluding tert-OH is 1. The number of nitrogens with two attached hydrogens (primary N) is 1. The minimum Gasteiger partial charge on any atom is -0.435 e. The molecule has 0 saturated carbocycles. The molecule has 1 aliphatic carbocycles. The van der Waals surface area contributed by atoms with E-state index in [-0.39, 0.29) is 42.0 Å². The maximum atomic E-state index is 12.5. The molecule has 160 valence electrons. The lowest BCUT2D eigenvalue weighted by molar-refractivity contribution is -0.640. The van der Waals surface area contributed by atoms with Crippen molar-refractivity contribution >= 4 is 11.6 Å². The van der Waals surface area contributed by atoms with Crippen LogP contribution in [0.5, 0.6) is 5.75 Å². The van der Waals surface area contributed by atoms with Crippen molar-refractivity contribution in [3.8, 4) is 5.75 Å². The summed E-state index contributed by atoms with van der Waals surface area (Å²) in [5.74, 6) is -0.304. The largest absolute Gasteiger partial charge is 0.435 e. The predicted molar refractivity (Wildman–Crippen MR) is 106 cm³/mol. The van der Waals surface area contributed by atoms with E-state index in [0.29, 0.717) is 24.8 Å². The summed E-state index contributed by atoms with van der Waals surface area (Å²) in [5.41, 5.74) is 2.53. The van der Waals surface area contributed by atoms with Crippen LogP contribution in [0.4, 0.5) is 8.78 Å². The van der Waals surface area contributed by atoms with Gasteiger partial charge in [-0.25, -0.2) is 0 Å². The first-order chi connectivity index (χ1) is 13.7. The summed E-state index contributed by atoms with van der Waals surface area (Å²) in [4.78, 5) is 12.5. The topological polar surface area (TPSA) is 99.0 Å². The van der Waals surface area contributed by atoms with Crippen LogP contribution >= 0.6 is 0 Å². The Morgan fingerprint density at radius 3 is 2.72 bits per heavy atom. The zero-order valence-electron chi connectivity index (χ0n) is 17.0. The van der Waals surface area contributed by atoms with Gasteiger partial charge in [-0.15, -0.1) is 0 Å². The van der Waals surface area contributed by atoms with Crippen molar-refractivity contribution in [3.05, 3.63) is 41.1 Å². The van der Waals surface area contributed by atoms with Crippen molar-refractivity contribution in [2.45, 2.75) is 58.7 Å². The summed E-state index contributed by atoms with van der Waals surface area (Å²) in [6.45, 7) is 2.77. The molecule has 0 fully saturated rings. The van der Waals surface area contributed by atoms with Crippen LogP contribution in [0.2, 0.25) is 0 Å². The van der Waals surface area contributed by atoms with Gasteiger partial charge in [0, 0.05) is 29.5 Å². The number of hydrogen-bond acceptors (Lipinski definition) is 4. The summed E-state index contributed by atoms with van der Waals surface area (Å²) in [7, 11) is 0. The summed E-state index contributed by atoms with van der Waals surface area (Å²) in [5, 5.41) is 22.7. The molecule has 1 aromatic rings. The Morgan fingerprint density at radius 1 is 1.38 bits per heavy atom. The molecule has 1 aromatic carbocycles. The molecule has 6 nitrogen and oxygen atoms in total. The van der Waals surface area contributed by atoms with Crippen LogP contribution in [0.1, 0.15) is 45.6 Å². The molecule has 0 unspecified atom stereocenters. The van der Waals surface area contributed by atoms with E-state index >= 15 is 0 Å². The molecule has 0 radical (unpaired) electrons. The van der Waals surface area contributed by atoms with Gasteiger partial charge in [-0.05, 0) is 45.7 Å². The Bertz CT molecular complexity index is 765. The van der Waals surface area contributed by atoms with Crippen molar-refractivity contribution in [1.82, 2.24) is 5.32 Å². The second-order valence-corrected chi connectivity index (χ2v) is 7.73. The van der Waals surface area contributed by atoms with Crippen molar-refractivity contribution in [2.24, 2.45) is 5.92 Å². The fourth-order valence-corrected chi connectivity index (χ4v) is 3.46. The average molecular weight is 410 g/mol. The first kappa shape index (κ1) is 23.0. The van der Waals surface area contributed by atoms with Gasteiger partial charge in [-0.1, -0.05) is 12.1 Å². The Balaban J connectivity index is 2.25. The van der Waals surface area contributed by atoms with Crippen LogP contribution in [0.15, 0.2) is 35.5 Å². The monoisotopic (exact) mass is 410 g/mol. The minimum absolute atomic E-state index is 0.0169.